The summed E-state index contributed by atoms with van der Waals surface area (Å²) < 4.78 is 2.27. The van der Waals surface area contributed by atoms with Crippen LogP contribution >= 0.6 is 31.9 Å². The Bertz CT molecular complexity index is 274. The van der Waals surface area contributed by atoms with E-state index >= 15 is 0 Å². The molecule has 0 aliphatic rings. The normalized spacial score (nSPS) is 10.4. The molecular weight excluding hydrogens is 294 g/mol. The van der Waals surface area contributed by atoms with Crippen LogP contribution in [-0.4, -0.2) is 6.54 Å². The molecule has 1 N–H and O–H groups in total. The maximum absolute atomic E-state index is 3.53. The van der Waals surface area contributed by atoms with Gasteiger partial charge in [0, 0.05) is 15.5 Å². The van der Waals surface area contributed by atoms with E-state index in [1.54, 1.807) is 0 Å². The van der Waals surface area contributed by atoms with Crippen LogP contribution in [0.1, 0.15) is 18.9 Å². The van der Waals surface area contributed by atoms with Crippen molar-refractivity contribution < 1.29 is 0 Å². The Kier molecular flexibility index (Phi) is 4.99. The Morgan fingerprint density at radius 3 is 2.69 bits per heavy atom. The van der Waals surface area contributed by atoms with Crippen molar-refractivity contribution in [2.75, 3.05) is 6.54 Å². The van der Waals surface area contributed by atoms with E-state index in [0.717, 1.165) is 22.0 Å². The Balaban J connectivity index is 2.56. The molecule has 0 amide bonds. The van der Waals surface area contributed by atoms with Gasteiger partial charge >= 0.3 is 0 Å². The summed E-state index contributed by atoms with van der Waals surface area (Å²) >= 11 is 6.96. The van der Waals surface area contributed by atoms with Crippen molar-refractivity contribution in [3.05, 3.63) is 32.7 Å². The molecule has 1 aromatic carbocycles. The van der Waals surface area contributed by atoms with E-state index in [1.807, 2.05) is 0 Å². The number of hydrogen-bond donors (Lipinski definition) is 1. The number of halogens is 2. The topological polar surface area (TPSA) is 12.0 Å². The molecular formula is C10H13Br2N. The zero-order valence-corrected chi connectivity index (χ0v) is 10.8. The predicted molar refractivity (Wildman–Crippen MR) is 63.8 cm³/mol. The van der Waals surface area contributed by atoms with E-state index in [0.29, 0.717) is 0 Å². The van der Waals surface area contributed by atoms with E-state index in [4.69, 9.17) is 0 Å². The Morgan fingerprint density at radius 2 is 2.08 bits per heavy atom. The van der Waals surface area contributed by atoms with Crippen molar-refractivity contribution in [3.63, 3.8) is 0 Å². The average Bonchev–Trinajstić information content (AvgIpc) is 2.09. The second-order valence-corrected chi connectivity index (χ2v) is 4.68. The number of benzene rings is 1. The maximum Gasteiger partial charge on any atom is 0.0231 e. The van der Waals surface area contributed by atoms with Crippen LogP contribution in [0, 0.1) is 0 Å². The van der Waals surface area contributed by atoms with Crippen LogP contribution in [0.5, 0.6) is 0 Å². The summed E-state index contributed by atoms with van der Waals surface area (Å²) in [6.07, 6.45) is 1.17. The van der Waals surface area contributed by atoms with Gasteiger partial charge in [-0.1, -0.05) is 44.8 Å². The lowest BCUT2D eigenvalue weighted by Gasteiger charge is -2.05. The summed E-state index contributed by atoms with van der Waals surface area (Å²) in [5.41, 5.74) is 1.30. The summed E-state index contributed by atoms with van der Waals surface area (Å²) in [5.74, 6) is 0. The van der Waals surface area contributed by atoms with E-state index in [1.165, 1.54) is 12.0 Å². The lowest BCUT2D eigenvalue weighted by atomic mass is 10.2. The van der Waals surface area contributed by atoms with Crippen LogP contribution in [0.25, 0.3) is 0 Å². The van der Waals surface area contributed by atoms with Gasteiger partial charge in [0.1, 0.15) is 0 Å². The van der Waals surface area contributed by atoms with Crippen molar-refractivity contribution in [2.45, 2.75) is 19.9 Å². The molecule has 3 heteroatoms. The van der Waals surface area contributed by atoms with Crippen LogP contribution < -0.4 is 5.32 Å². The van der Waals surface area contributed by atoms with Gasteiger partial charge in [-0.2, -0.15) is 0 Å². The molecule has 0 aliphatic heterocycles. The van der Waals surface area contributed by atoms with Gasteiger partial charge in [0.2, 0.25) is 0 Å². The predicted octanol–water partition coefficient (Wildman–Crippen LogP) is 3.71. The van der Waals surface area contributed by atoms with Gasteiger partial charge < -0.3 is 5.32 Å². The molecule has 0 unspecified atom stereocenters. The zero-order chi connectivity index (χ0) is 9.68. The highest BCUT2D eigenvalue weighted by atomic mass is 79.9. The number of hydrogen-bond acceptors (Lipinski definition) is 1. The molecule has 0 atom stereocenters. The molecule has 1 rings (SSSR count). The molecule has 0 heterocycles. The SMILES string of the molecule is CCCNCc1ccc(Br)cc1Br. The summed E-state index contributed by atoms with van der Waals surface area (Å²) in [6.45, 7) is 4.17. The van der Waals surface area contributed by atoms with Crippen molar-refractivity contribution in [1.82, 2.24) is 5.32 Å². The average molecular weight is 307 g/mol. The van der Waals surface area contributed by atoms with Gasteiger partial charge in [0.15, 0.2) is 0 Å². The number of nitrogens with one attached hydrogen (secondary N) is 1. The first kappa shape index (κ1) is 11.2. The summed E-state index contributed by atoms with van der Waals surface area (Å²) in [5, 5.41) is 3.37. The highest BCUT2D eigenvalue weighted by Gasteiger charge is 1.98. The summed E-state index contributed by atoms with van der Waals surface area (Å²) in [4.78, 5) is 0. The van der Waals surface area contributed by atoms with E-state index in [-0.39, 0.29) is 0 Å². The smallest absolute Gasteiger partial charge is 0.0231 e. The molecule has 0 fully saturated rings. The molecule has 0 saturated heterocycles. The standard InChI is InChI=1S/C10H13Br2N/c1-2-5-13-7-8-3-4-9(11)6-10(8)12/h3-4,6,13H,2,5,7H2,1H3. The minimum absolute atomic E-state index is 0.932. The molecule has 1 aromatic rings. The van der Waals surface area contributed by atoms with Crippen LogP contribution in [0.15, 0.2) is 27.1 Å². The van der Waals surface area contributed by atoms with Crippen molar-refractivity contribution in [3.8, 4) is 0 Å². The van der Waals surface area contributed by atoms with E-state index in [9.17, 15) is 0 Å². The zero-order valence-electron chi connectivity index (χ0n) is 7.61. The van der Waals surface area contributed by atoms with Gasteiger partial charge in [0.25, 0.3) is 0 Å². The second-order valence-electron chi connectivity index (χ2n) is 2.91. The molecule has 0 saturated carbocycles. The first-order chi connectivity index (χ1) is 6.24. The maximum atomic E-state index is 3.53. The first-order valence-corrected chi connectivity index (χ1v) is 5.97. The molecule has 0 spiro atoms. The second kappa shape index (κ2) is 5.78. The molecule has 0 aliphatic carbocycles. The van der Waals surface area contributed by atoms with Gasteiger partial charge in [-0.05, 0) is 30.7 Å². The molecule has 0 aromatic heterocycles. The van der Waals surface area contributed by atoms with E-state index in [2.05, 4.69) is 62.3 Å². The first-order valence-electron chi connectivity index (χ1n) is 4.38. The van der Waals surface area contributed by atoms with Crippen LogP contribution in [0.4, 0.5) is 0 Å². The number of rotatable bonds is 4. The molecule has 0 bridgehead atoms. The van der Waals surface area contributed by atoms with Gasteiger partial charge in [-0.15, -0.1) is 0 Å². The van der Waals surface area contributed by atoms with Crippen molar-refractivity contribution in [2.24, 2.45) is 0 Å². The van der Waals surface area contributed by atoms with Crippen LogP contribution in [-0.2, 0) is 6.54 Å². The Hall–Kier alpha value is 0.140. The highest BCUT2D eigenvalue weighted by Crippen LogP contribution is 2.21. The van der Waals surface area contributed by atoms with Gasteiger partial charge in [-0.3, -0.25) is 0 Å². The quantitative estimate of drug-likeness (QED) is 0.836. The molecule has 72 valence electrons. The van der Waals surface area contributed by atoms with E-state index < -0.39 is 0 Å². The third kappa shape index (κ3) is 3.79. The van der Waals surface area contributed by atoms with Crippen molar-refractivity contribution >= 4 is 31.9 Å². The van der Waals surface area contributed by atoms with Crippen LogP contribution in [0.2, 0.25) is 0 Å². The lowest BCUT2D eigenvalue weighted by Crippen LogP contribution is -2.13. The van der Waals surface area contributed by atoms with Crippen molar-refractivity contribution in [1.29, 1.82) is 0 Å². The van der Waals surface area contributed by atoms with Gasteiger partial charge in [-0.25, -0.2) is 0 Å². The fourth-order valence-corrected chi connectivity index (χ4v) is 2.25. The van der Waals surface area contributed by atoms with Crippen LogP contribution in [0.3, 0.4) is 0 Å². The Labute approximate surface area is 96.2 Å². The third-order valence-electron chi connectivity index (χ3n) is 1.76. The molecule has 0 radical (unpaired) electrons. The van der Waals surface area contributed by atoms with Gasteiger partial charge in [0.05, 0.1) is 0 Å². The molecule has 13 heavy (non-hydrogen) atoms. The summed E-state index contributed by atoms with van der Waals surface area (Å²) in [6, 6.07) is 6.26. The highest BCUT2D eigenvalue weighted by molar-refractivity contribution is 9.11. The minimum atomic E-state index is 0.932. The monoisotopic (exact) mass is 305 g/mol. The summed E-state index contributed by atoms with van der Waals surface area (Å²) in [7, 11) is 0. The fraction of sp³-hybridized carbons (Fsp3) is 0.400. The Morgan fingerprint density at radius 1 is 1.31 bits per heavy atom. The fourth-order valence-electron chi connectivity index (χ4n) is 1.06. The lowest BCUT2D eigenvalue weighted by molar-refractivity contribution is 0.674. The molecule has 1 nitrogen and oxygen atoms in total. The minimum Gasteiger partial charge on any atom is -0.313 e. The third-order valence-corrected chi connectivity index (χ3v) is 2.99. The largest absolute Gasteiger partial charge is 0.313 e.